The molecule has 0 aliphatic rings. The van der Waals surface area contributed by atoms with Gasteiger partial charge in [0.2, 0.25) is 0 Å². The Morgan fingerprint density at radius 3 is 2.75 bits per heavy atom. The van der Waals surface area contributed by atoms with Crippen LogP contribution in [0, 0.1) is 0 Å². The number of rotatable bonds is 3. The molecule has 20 heavy (non-hydrogen) atoms. The lowest BCUT2D eigenvalue weighted by atomic mass is 10.4. The smallest absolute Gasteiger partial charge is 0.268 e. The van der Waals surface area contributed by atoms with Gasteiger partial charge in [-0.25, -0.2) is 15.0 Å². The number of nitrogen functional groups attached to an aromatic ring is 2. The molecule has 0 atom stereocenters. The zero-order chi connectivity index (χ0) is 14.1. The summed E-state index contributed by atoms with van der Waals surface area (Å²) < 4.78 is 0.628. The molecule has 102 valence electrons. The Bertz CT molecular complexity index is 807. The number of nitrogens with two attached hydrogens (primary N) is 2. The van der Waals surface area contributed by atoms with Crippen molar-refractivity contribution in [2.24, 2.45) is 0 Å². The van der Waals surface area contributed by atoms with E-state index in [-0.39, 0.29) is 5.56 Å². The number of aromatic amines is 1. The highest BCUT2D eigenvalue weighted by atomic mass is 32.2. The molecule has 3 aromatic heterocycles. The van der Waals surface area contributed by atoms with Gasteiger partial charge in [-0.3, -0.25) is 4.79 Å². The second-order valence-corrected chi connectivity index (χ2v) is 5.80. The molecule has 3 rings (SSSR count). The Labute approximate surface area is 121 Å². The van der Waals surface area contributed by atoms with Crippen molar-refractivity contribution in [1.82, 2.24) is 19.9 Å². The van der Waals surface area contributed by atoms with E-state index in [4.69, 9.17) is 11.5 Å². The van der Waals surface area contributed by atoms with E-state index in [1.807, 2.05) is 11.4 Å². The number of anilines is 2. The summed E-state index contributed by atoms with van der Waals surface area (Å²) in [5, 5.41) is 2.29. The van der Waals surface area contributed by atoms with E-state index in [0.29, 0.717) is 38.6 Å². The third kappa shape index (κ3) is 2.58. The summed E-state index contributed by atoms with van der Waals surface area (Å²) in [6.45, 7) is 0. The fourth-order valence-electron chi connectivity index (χ4n) is 1.65. The average molecular weight is 306 g/mol. The number of nitrogens with zero attached hydrogens (tertiary/aromatic N) is 3. The minimum Gasteiger partial charge on any atom is -0.383 e. The van der Waals surface area contributed by atoms with E-state index in [1.54, 1.807) is 0 Å². The lowest BCUT2D eigenvalue weighted by molar-refractivity contribution is 0.974. The van der Waals surface area contributed by atoms with E-state index in [2.05, 4.69) is 19.9 Å². The minimum atomic E-state index is -0.131. The maximum atomic E-state index is 11.8. The fourth-order valence-corrected chi connectivity index (χ4v) is 3.12. The number of H-pyrrole nitrogens is 1. The molecule has 0 unspecified atom stereocenters. The first-order chi connectivity index (χ1) is 9.61. The normalized spacial score (nSPS) is 11.0. The van der Waals surface area contributed by atoms with Gasteiger partial charge in [0.05, 0.1) is 11.3 Å². The summed E-state index contributed by atoms with van der Waals surface area (Å²) in [5.41, 5.74) is 11.8. The van der Waals surface area contributed by atoms with Gasteiger partial charge in [-0.15, -0.1) is 11.3 Å². The highest BCUT2D eigenvalue weighted by molar-refractivity contribution is 7.98. The van der Waals surface area contributed by atoms with Crippen molar-refractivity contribution in [3.05, 3.63) is 33.7 Å². The highest BCUT2D eigenvalue weighted by Gasteiger charge is 2.07. The zero-order valence-corrected chi connectivity index (χ0v) is 11.8. The van der Waals surface area contributed by atoms with E-state index in [1.165, 1.54) is 29.2 Å². The van der Waals surface area contributed by atoms with Gasteiger partial charge < -0.3 is 16.5 Å². The Morgan fingerprint density at radius 2 is 2.00 bits per heavy atom. The Balaban J connectivity index is 1.84. The van der Waals surface area contributed by atoms with Gasteiger partial charge in [0.1, 0.15) is 22.2 Å². The van der Waals surface area contributed by atoms with Crippen LogP contribution in [0.3, 0.4) is 0 Å². The molecule has 9 heteroatoms. The summed E-state index contributed by atoms with van der Waals surface area (Å²) in [6.07, 6.45) is 0. The number of fused-ring (bicyclic) bond motifs is 1. The first-order valence-corrected chi connectivity index (χ1v) is 7.47. The van der Waals surface area contributed by atoms with E-state index < -0.39 is 0 Å². The Hall–Kier alpha value is -2.13. The molecular weight excluding hydrogens is 296 g/mol. The molecule has 0 aromatic carbocycles. The van der Waals surface area contributed by atoms with Crippen LogP contribution >= 0.6 is 23.1 Å². The fraction of sp³-hybridized carbons (Fsp3) is 0.0909. The van der Waals surface area contributed by atoms with Crippen LogP contribution in [0.15, 0.2) is 27.5 Å². The summed E-state index contributed by atoms with van der Waals surface area (Å²) in [7, 11) is 0. The average Bonchev–Trinajstić information content (AvgIpc) is 2.84. The Kier molecular flexibility index (Phi) is 3.28. The maximum Gasteiger partial charge on any atom is 0.268 e. The van der Waals surface area contributed by atoms with Crippen LogP contribution in [0.4, 0.5) is 11.6 Å². The van der Waals surface area contributed by atoms with Crippen LogP contribution in [0.2, 0.25) is 0 Å². The predicted molar refractivity (Wildman–Crippen MR) is 80.7 cm³/mol. The molecule has 3 aromatic rings. The second-order valence-electron chi connectivity index (χ2n) is 3.94. The lowest BCUT2D eigenvalue weighted by Gasteiger charge is -2.02. The largest absolute Gasteiger partial charge is 0.383 e. The van der Waals surface area contributed by atoms with Gasteiger partial charge in [-0.2, -0.15) is 0 Å². The molecule has 0 saturated heterocycles. The van der Waals surface area contributed by atoms with Gasteiger partial charge in [0.15, 0.2) is 5.16 Å². The second kappa shape index (κ2) is 5.10. The number of aromatic nitrogens is 4. The molecule has 0 bridgehead atoms. The van der Waals surface area contributed by atoms with Crippen molar-refractivity contribution in [3.8, 4) is 0 Å². The van der Waals surface area contributed by atoms with E-state index in [9.17, 15) is 4.79 Å². The van der Waals surface area contributed by atoms with Crippen LogP contribution in [0.1, 0.15) is 5.82 Å². The number of hydrogen-bond donors (Lipinski definition) is 3. The third-order valence-electron chi connectivity index (χ3n) is 2.45. The molecule has 0 aliphatic heterocycles. The van der Waals surface area contributed by atoms with Crippen molar-refractivity contribution in [2.75, 3.05) is 11.5 Å². The molecule has 0 radical (unpaired) electrons. The zero-order valence-electron chi connectivity index (χ0n) is 10.2. The lowest BCUT2D eigenvalue weighted by Crippen LogP contribution is -2.09. The topological polar surface area (TPSA) is 124 Å². The molecule has 0 spiro atoms. The van der Waals surface area contributed by atoms with Crippen LogP contribution in [-0.4, -0.2) is 19.9 Å². The van der Waals surface area contributed by atoms with E-state index >= 15 is 0 Å². The molecule has 7 nitrogen and oxygen atoms in total. The molecule has 3 heterocycles. The van der Waals surface area contributed by atoms with Crippen molar-refractivity contribution >= 4 is 45.0 Å². The van der Waals surface area contributed by atoms with Crippen LogP contribution in [-0.2, 0) is 5.75 Å². The highest BCUT2D eigenvalue weighted by Crippen LogP contribution is 2.20. The third-order valence-corrected chi connectivity index (χ3v) is 4.21. The SMILES string of the molecule is Nc1cc(N)nc(SCc2nc3ccsc3c(=O)[nH]2)n1. The van der Waals surface area contributed by atoms with Crippen LogP contribution < -0.4 is 17.0 Å². The van der Waals surface area contributed by atoms with Crippen molar-refractivity contribution in [3.63, 3.8) is 0 Å². The molecule has 0 amide bonds. The Morgan fingerprint density at radius 1 is 1.25 bits per heavy atom. The van der Waals surface area contributed by atoms with Gasteiger partial charge in [-0.05, 0) is 11.4 Å². The monoisotopic (exact) mass is 306 g/mol. The van der Waals surface area contributed by atoms with Gasteiger partial charge in [0, 0.05) is 6.07 Å². The quantitative estimate of drug-likeness (QED) is 0.491. The van der Waals surface area contributed by atoms with Gasteiger partial charge >= 0.3 is 0 Å². The number of hydrogen-bond acceptors (Lipinski definition) is 8. The first-order valence-electron chi connectivity index (χ1n) is 5.61. The van der Waals surface area contributed by atoms with Crippen LogP contribution in [0.5, 0.6) is 0 Å². The van der Waals surface area contributed by atoms with Crippen LogP contribution in [0.25, 0.3) is 10.2 Å². The number of thiophene rings is 1. The predicted octanol–water partition coefficient (Wildman–Crippen LogP) is 1.23. The molecule has 0 saturated carbocycles. The van der Waals surface area contributed by atoms with Crippen molar-refractivity contribution in [1.29, 1.82) is 0 Å². The standard InChI is InChI=1S/C11H10N6OS2/c12-6-3-7(13)16-11(15-6)20-4-8-14-5-1-2-19-9(5)10(18)17-8/h1-3H,4H2,(H,14,17,18)(H4,12,13,15,16). The van der Waals surface area contributed by atoms with Crippen molar-refractivity contribution in [2.45, 2.75) is 10.9 Å². The van der Waals surface area contributed by atoms with E-state index in [0.717, 1.165) is 0 Å². The van der Waals surface area contributed by atoms with Gasteiger partial charge in [-0.1, -0.05) is 11.8 Å². The summed E-state index contributed by atoms with van der Waals surface area (Å²) >= 11 is 2.68. The summed E-state index contributed by atoms with van der Waals surface area (Å²) in [4.78, 5) is 27.0. The molecule has 0 aliphatic carbocycles. The van der Waals surface area contributed by atoms with Crippen molar-refractivity contribution < 1.29 is 0 Å². The molecular formula is C11H10N6OS2. The first kappa shape index (κ1) is 12.9. The van der Waals surface area contributed by atoms with Gasteiger partial charge in [0.25, 0.3) is 5.56 Å². The molecule has 0 fully saturated rings. The minimum absolute atomic E-state index is 0.131. The number of nitrogens with one attached hydrogen (secondary N) is 1. The maximum absolute atomic E-state index is 11.8. The summed E-state index contributed by atoms with van der Waals surface area (Å²) in [6, 6.07) is 3.31. The molecule has 5 N–H and O–H groups in total. The summed E-state index contributed by atoms with van der Waals surface area (Å²) in [5.74, 6) is 1.63. The number of thioether (sulfide) groups is 1.